The van der Waals surface area contributed by atoms with Crippen molar-refractivity contribution < 1.29 is 19.6 Å². The van der Waals surface area contributed by atoms with Crippen molar-refractivity contribution in [3.05, 3.63) is 52.2 Å². The van der Waals surface area contributed by atoms with Gasteiger partial charge in [0.2, 0.25) is 0 Å². The lowest BCUT2D eigenvalue weighted by molar-refractivity contribution is -0.384. The van der Waals surface area contributed by atoms with Crippen LogP contribution in [0.2, 0.25) is 0 Å². The summed E-state index contributed by atoms with van der Waals surface area (Å²) in [5.41, 5.74) is 0.705. The van der Waals surface area contributed by atoms with E-state index in [1.165, 1.54) is 30.5 Å². The molecule has 0 bridgehead atoms. The van der Waals surface area contributed by atoms with E-state index in [1.807, 2.05) is 6.92 Å². The van der Waals surface area contributed by atoms with Gasteiger partial charge < -0.3 is 9.84 Å². The first-order chi connectivity index (χ1) is 10.5. The molecule has 114 valence electrons. The lowest BCUT2D eigenvalue weighted by Crippen LogP contribution is -2.05. The predicted octanol–water partition coefficient (Wildman–Crippen LogP) is 3.14. The number of nitro groups is 1. The molecule has 0 atom stereocenters. The Labute approximate surface area is 126 Å². The Hall–Kier alpha value is -2.96. The zero-order chi connectivity index (χ0) is 16.1. The third-order valence-electron chi connectivity index (χ3n) is 2.91. The third-order valence-corrected chi connectivity index (χ3v) is 2.91. The van der Waals surface area contributed by atoms with Crippen LogP contribution in [0.25, 0.3) is 11.3 Å². The molecule has 1 N–H and O–H groups in total. The van der Waals surface area contributed by atoms with Crippen LogP contribution in [0.5, 0.6) is 5.75 Å². The highest BCUT2D eigenvalue weighted by atomic mass is 16.6. The van der Waals surface area contributed by atoms with Crippen molar-refractivity contribution in [1.82, 2.24) is 4.98 Å². The normalized spacial score (nSPS) is 10.2. The number of pyridine rings is 1. The summed E-state index contributed by atoms with van der Waals surface area (Å²) in [4.78, 5) is 25.8. The number of nitrogens with zero attached hydrogens (tertiary/aromatic N) is 2. The Balaban J connectivity index is 2.44. The number of carboxylic acid groups (broad SMARTS) is 1. The zero-order valence-electron chi connectivity index (χ0n) is 11.9. The molecule has 22 heavy (non-hydrogen) atoms. The molecule has 1 aromatic carbocycles. The van der Waals surface area contributed by atoms with Crippen LogP contribution in [0, 0.1) is 10.1 Å². The van der Waals surface area contributed by atoms with Gasteiger partial charge >= 0.3 is 5.97 Å². The Morgan fingerprint density at radius 1 is 1.41 bits per heavy atom. The number of aromatic carboxylic acids is 1. The second-order valence-electron chi connectivity index (χ2n) is 4.53. The lowest BCUT2D eigenvalue weighted by atomic mass is 10.1. The number of hydrogen-bond acceptors (Lipinski definition) is 5. The van der Waals surface area contributed by atoms with Crippen LogP contribution in [0.3, 0.4) is 0 Å². The molecule has 1 heterocycles. The maximum absolute atomic E-state index is 11.3. The first-order valence-electron chi connectivity index (χ1n) is 6.64. The molecule has 0 fully saturated rings. The van der Waals surface area contributed by atoms with E-state index in [-0.39, 0.29) is 17.0 Å². The standard InChI is InChI=1S/C15H14N2O5/c1-2-6-22-14-9-16-13(8-12(14)15(18)19)10-4-3-5-11(7-10)17(20)21/h3-5,7-9H,2,6H2,1H3,(H,18,19). The summed E-state index contributed by atoms with van der Waals surface area (Å²) in [6.07, 6.45) is 2.07. The van der Waals surface area contributed by atoms with Gasteiger partial charge in [-0.25, -0.2) is 4.79 Å². The summed E-state index contributed by atoms with van der Waals surface area (Å²) in [5.74, 6) is -0.955. The maximum Gasteiger partial charge on any atom is 0.339 e. The zero-order valence-corrected chi connectivity index (χ0v) is 11.9. The number of aromatic nitrogens is 1. The SMILES string of the molecule is CCCOc1cnc(-c2cccc([N+](=O)[O-])c2)cc1C(=O)O. The average Bonchev–Trinajstić information content (AvgIpc) is 2.52. The summed E-state index contributed by atoms with van der Waals surface area (Å²) >= 11 is 0. The molecule has 0 aliphatic rings. The molecule has 0 aliphatic carbocycles. The van der Waals surface area contributed by atoms with Gasteiger partial charge in [0.05, 0.1) is 23.4 Å². The van der Waals surface area contributed by atoms with Gasteiger partial charge in [-0.05, 0) is 12.5 Å². The molecular formula is C15H14N2O5. The lowest BCUT2D eigenvalue weighted by Gasteiger charge is -2.09. The minimum absolute atomic E-state index is 0.0232. The Morgan fingerprint density at radius 3 is 2.82 bits per heavy atom. The maximum atomic E-state index is 11.3. The molecule has 2 rings (SSSR count). The third kappa shape index (κ3) is 3.38. The molecule has 0 spiro atoms. The van der Waals surface area contributed by atoms with Crippen molar-refractivity contribution in [2.75, 3.05) is 6.61 Å². The average molecular weight is 302 g/mol. The number of nitro benzene ring substituents is 1. The van der Waals surface area contributed by atoms with Gasteiger partial charge in [-0.1, -0.05) is 19.1 Å². The Morgan fingerprint density at radius 2 is 2.18 bits per heavy atom. The van der Waals surface area contributed by atoms with Crippen molar-refractivity contribution in [2.24, 2.45) is 0 Å². The smallest absolute Gasteiger partial charge is 0.339 e. The van der Waals surface area contributed by atoms with E-state index >= 15 is 0 Å². The largest absolute Gasteiger partial charge is 0.491 e. The summed E-state index contributed by atoms with van der Waals surface area (Å²) in [6.45, 7) is 2.30. The highest BCUT2D eigenvalue weighted by Crippen LogP contribution is 2.26. The minimum Gasteiger partial charge on any atom is -0.491 e. The molecule has 7 nitrogen and oxygen atoms in total. The molecule has 0 aliphatic heterocycles. The summed E-state index contributed by atoms with van der Waals surface area (Å²) in [6, 6.07) is 7.22. The highest BCUT2D eigenvalue weighted by molar-refractivity contribution is 5.92. The predicted molar refractivity (Wildman–Crippen MR) is 79.1 cm³/mol. The number of rotatable bonds is 6. The molecule has 0 unspecified atom stereocenters. The van der Waals surface area contributed by atoms with E-state index < -0.39 is 10.9 Å². The van der Waals surface area contributed by atoms with Gasteiger partial charge in [0.15, 0.2) is 5.75 Å². The second-order valence-corrected chi connectivity index (χ2v) is 4.53. The van der Waals surface area contributed by atoms with Crippen LogP contribution in [0.4, 0.5) is 5.69 Å². The molecule has 2 aromatic rings. The van der Waals surface area contributed by atoms with Crippen LogP contribution >= 0.6 is 0 Å². The molecule has 0 saturated heterocycles. The van der Waals surface area contributed by atoms with Crippen LogP contribution in [0.1, 0.15) is 23.7 Å². The van der Waals surface area contributed by atoms with Crippen molar-refractivity contribution in [1.29, 1.82) is 0 Å². The van der Waals surface area contributed by atoms with Crippen LogP contribution in [-0.2, 0) is 0 Å². The van der Waals surface area contributed by atoms with Gasteiger partial charge in [0.1, 0.15) is 5.56 Å². The summed E-state index contributed by atoms with van der Waals surface area (Å²) in [5, 5.41) is 20.1. The van der Waals surface area contributed by atoms with Crippen molar-refractivity contribution in [2.45, 2.75) is 13.3 Å². The fourth-order valence-electron chi connectivity index (χ4n) is 1.87. The van der Waals surface area contributed by atoms with E-state index in [1.54, 1.807) is 6.07 Å². The first kappa shape index (κ1) is 15.4. The van der Waals surface area contributed by atoms with Crippen LogP contribution in [-0.4, -0.2) is 27.6 Å². The number of non-ortho nitro benzene ring substituents is 1. The quantitative estimate of drug-likeness (QED) is 0.649. The molecule has 0 amide bonds. The first-order valence-corrected chi connectivity index (χ1v) is 6.64. The van der Waals surface area contributed by atoms with Crippen molar-refractivity contribution in [3.8, 4) is 17.0 Å². The van der Waals surface area contributed by atoms with Gasteiger partial charge in [0, 0.05) is 17.7 Å². The monoisotopic (exact) mass is 302 g/mol. The Kier molecular flexibility index (Phi) is 4.67. The van der Waals surface area contributed by atoms with E-state index in [0.29, 0.717) is 17.9 Å². The Bertz CT molecular complexity index is 715. The number of carboxylic acids is 1. The minimum atomic E-state index is -1.14. The van der Waals surface area contributed by atoms with Crippen molar-refractivity contribution in [3.63, 3.8) is 0 Å². The van der Waals surface area contributed by atoms with Gasteiger partial charge in [-0.3, -0.25) is 15.1 Å². The fourth-order valence-corrected chi connectivity index (χ4v) is 1.87. The van der Waals surface area contributed by atoms with Crippen molar-refractivity contribution >= 4 is 11.7 Å². The van der Waals surface area contributed by atoms with Gasteiger partial charge in [0.25, 0.3) is 5.69 Å². The van der Waals surface area contributed by atoms with Gasteiger partial charge in [-0.2, -0.15) is 0 Å². The summed E-state index contributed by atoms with van der Waals surface area (Å²) < 4.78 is 5.35. The number of ether oxygens (including phenoxy) is 1. The molecule has 0 saturated carbocycles. The number of hydrogen-bond donors (Lipinski definition) is 1. The summed E-state index contributed by atoms with van der Waals surface area (Å²) in [7, 11) is 0. The highest BCUT2D eigenvalue weighted by Gasteiger charge is 2.15. The van der Waals surface area contributed by atoms with E-state index in [0.717, 1.165) is 6.42 Å². The van der Waals surface area contributed by atoms with Crippen LogP contribution < -0.4 is 4.74 Å². The molecule has 0 radical (unpaired) electrons. The topological polar surface area (TPSA) is 103 Å². The molecular weight excluding hydrogens is 288 g/mol. The second kappa shape index (κ2) is 6.66. The molecule has 7 heteroatoms. The van der Waals surface area contributed by atoms with E-state index in [2.05, 4.69) is 4.98 Å². The fraction of sp³-hybridized carbons (Fsp3) is 0.200. The van der Waals surface area contributed by atoms with Crippen LogP contribution in [0.15, 0.2) is 36.5 Å². The molecule has 1 aromatic heterocycles. The number of benzene rings is 1. The van der Waals surface area contributed by atoms with E-state index in [9.17, 15) is 20.0 Å². The van der Waals surface area contributed by atoms with Gasteiger partial charge in [-0.15, -0.1) is 0 Å². The van der Waals surface area contributed by atoms with E-state index in [4.69, 9.17) is 4.74 Å². The number of carbonyl (C=O) groups is 1.